The number of nitrogens with zero attached hydrogens (tertiary/aromatic N) is 1. The van der Waals surface area contributed by atoms with Crippen LogP contribution in [0.1, 0.15) is 11.1 Å². The van der Waals surface area contributed by atoms with Crippen LogP contribution in [0, 0.1) is 5.82 Å². The van der Waals surface area contributed by atoms with Crippen molar-refractivity contribution in [3.05, 3.63) is 90.0 Å². The molecule has 0 bridgehead atoms. The zero-order chi connectivity index (χ0) is 21.3. The molecule has 0 spiro atoms. The maximum Gasteiger partial charge on any atom is 0.387 e. The first kappa shape index (κ1) is 20.9. The average Bonchev–Trinajstić information content (AvgIpc) is 2.73. The first-order valence-corrected chi connectivity index (χ1v) is 8.87. The molecule has 0 fully saturated rings. The lowest BCUT2D eigenvalue weighted by atomic mass is 10.2. The van der Waals surface area contributed by atoms with E-state index >= 15 is 0 Å². The number of aromatic nitrogens is 1. The van der Waals surface area contributed by atoms with E-state index in [1.807, 2.05) is 0 Å². The Bertz CT molecular complexity index is 1030. The fourth-order valence-corrected chi connectivity index (χ4v) is 2.49. The summed E-state index contributed by atoms with van der Waals surface area (Å²) < 4.78 is 48.4. The molecule has 0 saturated heterocycles. The van der Waals surface area contributed by atoms with E-state index in [-0.39, 0.29) is 18.0 Å². The zero-order valence-corrected chi connectivity index (χ0v) is 15.6. The smallest absolute Gasteiger partial charge is 0.387 e. The van der Waals surface area contributed by atoms with Crippen LogP contribution in [0.15, 0.2) is 73.1 Å². The molecule has 0 radical (unpaired) electrons. The van der Waals surface area contributed by atoms with Gasteiger partial charge in [-0.15, -0.1) is 0 Å². The van der Waals surface area contributed by atoms with Crippen LogP contribution in [-0.4, -0.2) is 17.5 Å². The summed E-state index contributed by atoms with van der Waals surface area (Å²) in [6.07, 6.45) is 5.74. The van der Waals surface area contributed by atoms with E-state index in [4.69, 9.17) is 4.74 Å². The monoisotopic (exact) mass is 414 g/mol. The number of hydrogen-bond acceptors (Lipinski definition) is 4. The van der Waals surface area contributed by atoms with Gasteiger partial charge >= 0.3 is 6.61 Å². The lowest BCUT2D eigenvalue weighted by molar-refractivity contribution is -0.116. The SMILES string of the molecule is O=C(/C=C/c1ccc(Oc2cccnc2)c(F)c1)NCc1cccc(OC(F)F)c1. The zero-order valence-electron chi connectivity index (χ0n) is 15.6. The van der Waals surface area contributed by atoms with Crippen molar-refractivity contribution in [2.75, 3.05) is 0 Å². The average molecular weight is 414 g/mol. The summed E-state index contributed by atoms with van der Waals surface area (Å²) in [4.78, 5) is 15.9. The largest absolute Gasteiger partial charge is 0.453 e. The molecular weight excluding hydrogens is 397 g/mol. The number of carbonyl (C=O) groups is 1. The van der Waals surface area contributed by atoms with Gasteiger partial charge in [0, 0.05) is 18.8 Å². The van der Waals surface area contributed by atoms with Crippen molar-refractivity contribution in [1.82, 2.24) is 10.3 Å². The summed E-state index contributed by atoms with van der Waals surface area (Å²) >= 11 is 0. The number of amides is 1. The van der Waals surface area contributed by atoms with Crippen LogP contribution in [0.4, 0.5) is 13.2 Å². The second-order valence-electron chi connectivity index (χ2n) is 6.06. The quantitative estimate of drug-likeness (QED) is 0.530. The van der Waals surface area contributed by atoms with Crippen LogP contribution in [0.3, 0.4) is 0 Å². The van der Waals surface area contributed by atoms with Gasteiger partial charge in [-0.3, -0.25) is 9.78 Å². The van der Waals surface area contributed by atoms with Gasteiger partial charge in [0.1, 0.15) is 11.5 Å². The maximum absolute atomic E-state index is 14.2. The highest BCUT2D eigenvalue weighted by molar-refractivity contribution is 5.91. The third-order valence-electron chi connectivity index (χ3n) is 3.84. The summed E-state index contributed by atoms with van der Waals surface area (Å²) in [6, 6.07) is 13.6. The van der Waals surface area contributed by atoms with Gasteiger partial charge in [0.05, 0.1) is 6.20 Å². The van der Waals surface area contributed by atoms with Gasteiger partial charge in [0.25, 0.3) is 0 Å². The topological polar surface area (TPSA) is 60.5 Å². The Morgan fingerprint density at radius 2 is 1.93 bits per heavy atom. The number of pyridine rings is 1. The minimum Gasteiger partial charge on any atom is -0.453 e. The van der Waals surface area contributed by atoms with E-state index < -0.39 is 18.3 Å². The summed E-state index contributed by atoms with van der Waals surface area (Å²) in [5, 5.41) is 2.61. The number of alkyl halides is 2. The molecule has 0 aliphatic heterocycles. The molecule has 1 aromatic heterocycles. The molecule has 1 amide bonds. The van der Waals surface area contributed by atoms with Crippen molar-refractivity contribution < 1.29 is 27.4 Å². The van der Waals surface area contributed by atoms with Crippen molar-refractivity contribution >= 4 is 12.0 Å². The van der Waals surface area contributed by atoms with Gasteiger partial charge in [-0.25, -0.2) is 4.39 Å². The highest BCUT2D eigenvalue weighted by Gasteiger charge is 2.07. The fraction of sp³-hybridized carbons (Fsp3) is 0.0909. The Morgan fingerprint density at radius 3 is 2.67 bits per heavy atom. The number of ether oxygens (including phenoxy) is 2. The van der Waals surface area contributed by atoms with E-state index in [0.717, 1.165) is 0 Å². The molecule has 1 heterocycles. The second kappa shape index (κ2) is 10.1. The Labute approximate surface area is 170 Å². The molecule has 3 rings (SSSR count). The van der Waals surface area contributed by atoms with Gasteiger partial charge in [0.15, 0.2) is 11.6 Å². The molecule has 0 unspecified atom stereocenters. The molecule has 3 aromatic rings. The van der Waals surface area contributed by atoms with E-state index in [1.165, 1.54) is 42.6 Å². The third-order valence-corrected chi connectivity index (χ3v) is 3.84. The van der Waals surface area contributed by atoms with Crippen LogP contribution in [0.2, 0.25) is 0 Å². The first-order chi connectivity index (χ1) is 14.5. The van der Waals surface area contributed by atoms with E-state index in [9.17, 15) is 18.0 Å². The molecule has 1 N–H and O–H groups in total. The van der Waals surface area contributed by atoms with E-state index in [1.54, 1.807) is 36.5 Å². The van der Waals surface area contributed by atoms with Gasteiger partial charge in [-0.1, -0.05) is 18.2 Å². The normalized spacial score (nSPS) is 10.9. The van der Waals surface area contributed by atoms with Gasteiger partial charge in [-0.05, 0) is 53.6 Å². The highest BCUT2D eigenvalue weighted by Crippen LogP contribution is 2.24. The highest BCUT2D eigenvalue weighted by atomic mass is 19.3. The summed E-state index contributed by atoms with van der Waals surface area (Å²) in [6.45, 7) is -2.80. The summed E-state index contributed by atoms with van der Waals surface area (Å²) in [5.74, 6) is -0.558. The molecule has 5 nitrogen and oxygen atoms in total. The fourth-order valence-electron chi connectivity index (χ4n) is 2.49. The van der Waals surface area contributed by atoms with Crippen molar-refractivity contribution in [3.8, 4) is 17.2 Å². The molecule has 30 heavy (non-hydrogen) atoms. The predicted molar refractivity (Wildman–Crippen MR) is 105 cm³/mol. The Kier molecular flexibility index (Phi) is 7.05. The van der Waals surface area contributed by atoms with Gasteiger partial charge < -0.3 is 14.8 Å². The summed E-state index contributed by atoms with van der Waals surface area (Å²) in [5.41, 5.74) is 1.06. The number of benzene rings is 2. The minimum absolute atomic E-state index is 0.0105. The van der Waals surface area contributed by atoms with Crippen LogP contribution in [0.25, 0.3) is 6.08 Å². The molecular formula is C22H17F3N2O3. The minimum atomic E-state index is -2.92. The first-order valence-electron chi connectivity index (χ1n) is 8.87. The van der Waals surface area contributed by atoms with Crippen LogP contribution in [0.5, 0.6) is 17.2 Å². The third kappa shape index (κ3) is 6.37. The van der Waals surface area contributed by atoms with Crippen molar-refractivity contribution in [2.24, 2.45) is 0 Å². The number of nitrogens with one attached hydrogen (secondary N) is 1. The number of rotatable bonds is 8. The Hall–Kier alpha value is -3.81. The van der Waals surface area contributed by atoms with Gasteiger partial charge in [-0.2, -0.15) is 8.78 Å². The Balaban J connectivity index is 1.55. The molecule has 0 aliphatic rings. The lowest BCUT2D eigenvalue weighted by Gasteiger charge is -2.07. The molecule has 154 valence electrons. The van der Waals surface area contributed by atoms with E-state index in [2.05, 4.69) is 15.0 Å². The van der Waals surface area contributed by atoms with Crippen LogP contribution >= 0.6 is 0 Å². The second-order valence-corrected chi connectivity index (χ2v) is 6.06. The molecule has 0 aliphatic carbocycles. The molecule has 8 heteroatoms. The van der Waals surface area contributed by atoms with Crippen molar-refractivity contribution in [2.45, 2.75) is 13.2 Å². The number of halogens is 3. The molecule has 0 atom stereocenters. The Morgan fingerprint density at radius 1 is 1.10 bits per heavy atom. The number of hydrogen-bond donors (Lipinski definition) is 1. The van der Waals surface area contributed by atoms with Crippen molar-refractivity contribution in [1.29, 1.82) is 0 Å². The standard InChI is InChI=1S/C22H17F3N2O3/c23-19-12-15(6-8-20(19)29-18-5-2-10-26-14-18)7-9-21(28)27-13-16-3-1-4-17(11-16)30-22(24)25/h1-12,14,22H,13H2,(H,27,28)/b9-7+. The van der Waals surface area contributed by atoms with Crippen LogP contribution in [-0.2, 0) is 11.3 Å². The lowest BCUT2D eigenvalue weighted by Crippen LogP contribution is -2.20. The molecule has 0 saturated carbocycles. The maximum atomic E-state index is 14.2. The predicted octanol–water partition coefficient (Wildman–Crippen LogP) is 4.94. The van der Waals surface area contributed by atoms with Gasteiger partial charge in [0.2, 0.25) is 5.91 Å². The number of carbonyl (C=O) groups excluding carboxylic acids is 1. The summed E-state index contributed by atoms with van der Waals surface area (Å²) in [7, 11) is 0. The van der Waals surface area contributed by atoms with Crippen molar-refractivity contribution in [3.63, 3.8) is 0 Å². The van der Waals surface area contributed by atoms with E-state index in [0.29, 0.717) is 16.9 Å². The molecule has 2 aromatic carbocycles. The van der Waals surface area contributed by atoms with Crippen LogP contribution < -0.4 is 14.8 Å².